The fourth-order valence-electron chi connectivity index (χ4n) is 3.77. The Labute approximate surface area is 171 Å². The van der Waals surface area contributed by atoms with Crippen LogP contribution in [-0.2, 0) is 10.5 Å². The van der Waals surface area contributed by atoms with Crippen molar-refractivity contribution in [3.8, 4) is 0 Å². The minimum atomic E-state index is -4.31. The average molecular weight is 428 g/mol. The Hall–Kier alpha value is -1.94. The predicted octanol–water partition coefficient (Wildman–Crippen LogP) is 4.32. The molecule has 0 aliphatic carbocycles. The molecule has 2 aliphatic heterocycles. The van der Waals surface area contributed by atoms with Crippen molar-refractivity contribution in [3.63, 3.8) is 0 Å². The van der Waals surface area contributed by atoms with Crippen LogP contribution >= 0.6 is 11.8 Å². The first-order chi connectivity index (χ1) is 13.8. The third-order valence-electron chi connectivity index (χ3n) is 5.22. The van der Waals surface area contributed by atoms with E-state index in [0.717, 1.165) is 30.0 Å². The maximum Gasteiger partial charge on any atom is 0.405 e. The highest BCUT2D eigenvalue weighted by molar-refractivity contribution is 7.98. The molecule has 158 valence electrons. The lowest BCUT2D eigenvalue weighted by Crippen LogP contribution is -2.46. The number of aryl methyl sites for hydroxylation is 2. The van der Waals surface area contributed by atoms with Gasteiger partial charge >= 0.3 is 6.18 Å². The molecule has 2 aromatic heterocycles. The van der Waals surface area contributed by atoms with Gasteiger partial charge in [-0.15, -0.1) is 0 Å². The highest BCUT2D eigenvalue weighted by atomic mass is 32.2. The molecule has 1 N–H and O–H groups in total. The van der Waals surface area contributed by atoms with Crippen LogP contribution in [0.4, 0.5) is 24.7 Å². The third kappa shape index (κ3) is 4.80. The second-order valence-corrected chi connectivity index (χ2v) is 8.34. The summed E-state index contributed by atoms with van der Waals surface area (Å²) in [5.74, 6) is 1.43. The number of ether oxygens (including phenoxy) is 1. The van der Waals surface area contributed by atoms with Crippen molar-refractivity contribution >= 4 is 23.3 Å². The van der Waals surface area contributed by atoms with E-state index in [-0.39, 0.29) is 17.9 Å². The Morgan fingerprint density at radius 3 is 2.52 bits per heavy atom. The molecule has 6 nitrogen and oxygen atoms in total. The maximum atomic E-state index is 12.7. The highest BCUT2D eigenvalue weighted by Gasteiger charge is 2.38. The summed E-state index contributed by atoms with van der Waals surface area (Å²) in [7, 11) is 0. The molecule has 2 atom stereocenters. The molecule has 0 spiro atoms. The van der Waals surface area contributed by atoms with Crippen LogP contribution in [0.1, 0.15) is 30.0 Å². The van der Waals surface area contributed by atoms with Crippen LogP contribution in [-0.4, -0.2) is 48.0 Å². The summed E-state index contributed by atoms with van der Waals surface area (Å²) in [6.07, 6.45) is -2.26. The summed E-state index contributed by atoms with van der Waals surface area (Å²) in [4.78, 5) is 11.0. The third-order valence-corrected chi connectivity index (χ3v) is 6.09. The molecule has 4 heterocycles. The summed E-state index contributed by atoms with van der Waals surface area (Å²) in [5, 5.41) is 2.95. The second-order valence-electron chi connectivity index (χ2n) is 7.41. The van der Waals surface area contributed by atoms with E-state index < -0.39 is 12.7 Å². The van der Waals surface area contributed by atoms with Crippen LogP contribution in [0.25, 0.3) is 0 Å². The summed E-state index contributed by atoms with van der Waals surface area (Å²) in [6, 6.07) is 4.16. The number of anilines is 2. The molecule has 2 aromatic rings. The lowest BCUT2D eigenvalue weighted by atomic mass is 10.2. The Morgan fingerprint density at radius 2 is 1.90 bits per heavy atom. The van der Waals surface area contributed by atoms with Gasteiger partial charge in [-0.25, -0.2) is 9.97 Å². The van der Waals surface area contributed by atoms with E-state index in [2.05, 4.69) is 20.2 Å². The van der Waals surface area contributed by atoms with Crippen LogP contribution in [0.5, 0.6) is 0 Å². The lowest BCUT2D eigenvalue weighted by molar-refractivity contribution is -0.115. The molecule has 0 aromatic carbocycles. The highest BCUT2D eigenvalue weighted by Crippen LogP contribution is 2.36. The predicted molar refractivity (Wildman–Crippen MR) is 104 cm³/mol. The summed E-state index contributed by atoms with van der Waals surface area (Å²) in [5.41, 5.74) is 2.39. The molecule has 2 unspecified atom stereocenters. The van der Waals surface area contributed by atoms with Crippen molar-refractivity contribution in [3.05, 3.63) is 29.3 Å². The molecule has 0 amide bonds. The molecule has 0 saturated carbocycles. The van der Waals surface area contributed by atoms with E-state index in [1.54, 1.807) is 6.07 Å². The Bertz CT molecular complexity index is 838. The van der Waals surface area contributed by atoms with Gasteiger partial charge in [0.1, 0.15) is 18.1 Å². The zero-order valence-corrected chi connectivity index (χ0v) is 17.1. The van der Waals surface area contributed by atoms with Gasteiger partial charge in [0.2, 0.25) is 0 Å². The van der Waals surface area contributed by atoms with Gasteiger partial charge in [0.05, 0.1) is 36.7 Å². The van der Waals surface area contributed by atoms with Crippen LogP contribution in [0, 0.1) is 13.8 Å². The zero-order chi connectivity index (χ0) is 20.6. The molecule has 4 rings (SSSR count). The summed E-state index contributed by atoms with van der Waals surface area (Å²) < 4.78 is 49.3. The fraction of sp³-hybridized carbons (Fsp3) is 0.579. The molecule has 10 heteroatoms. The average Bonchev–Trinajstić information content (AvgIpc) is 3.12. The number of halogens is 3. The Morgan fingerprint density at radius 1 is 1.17 bits per heavy atom. The maximum absolute atomic E-state index is 12.7. The van der Waals surface area contributed by atoms with Gasteiger partial charge in [-0.1, -0.05) is 11.8 Å². The van der Waals surface area contributed by atoms with E-state index in [1.165, 1.54) is 11.8 Å². The van der Waals surface area contributed by atoms with Gasteiger partial charge in [-0.3, -0.25) is 0 Å². The van der Waals surface area contributed by atoms with E-state index in [4.69, 9.17) is 9.15 Å². The van der Waals surface area contributed by atoms with Gasteiger partial charge < -0.3 is 19.4 Å². The van der Waals surface area contributed by atoms with Crippen molar-refractivity contribution < 1.29 is 22.3 Å². The van der Waals surface area contributed by atoms with Crippen molar-refractivity contribution in [2.75, 3.05) is 30.0 Å². The quantitative estimate of drug-likeness (QED) is 0.688. The van der Waals surface area contributed by atoms with Crippen LogP contribution in [0.3, 0.4) is 0 Å². The first-order valence-electron chi connectivity index (χ1n) is 9.53. The number of oxazole rings is 1. The number of morpholine rings is 1. The second kappa shape index (κ2) is 8.06. The monoisotopic (exact) mass is 428 g/mol. The molecule has 29 heavy (non-hydrogen) atoms. The SMILES string of the molecule is Cc1nc(SCc2cc(N3C4CCC3COC4)cc(NCC(F)(F)F)n2)oc1C. The van der Waals surface area contributed by atoms with Crippen LogP contribution in [0.15, 0.2) is 21.8 Å². The normalized spacial score (nSPS) is 21.6. The zero-order valence-electron chi connectivity index (χ0n) is 16.3. The number of hydrogen-bond donors (Lipinski definition) is 1. The van der Waals surface area contributed by atoms with Crippen molar-refractivity contribution in [2.24, 2.45) is 0 Å². The van der Waals surface area contributed by atoms with Crippen molar-refractivity contribution in [2.45, 2.75) is 55.9 Å². The van der Waals surface area contributed by atoms with Gasteiger partial charge in [-0.2, -0.15) is 13.2 Å². The van der Waals surface area contributed by atoms with E-state index in [9.17, 15) is 13.2 Å². The first kappa shape index (κ1) is 20.3. The molecule has 2 saturated heterocycles. The lowest BCUT2D eigenvalue weighted by Gasteiger charge is -2.37. The number of alkyl halides is 3. The Kier molecular flexibility index (Phi) is 5.65. The molecule has 2 aliphatic rings. The molecular weight excluding hydrogens is 405 g/mol. The minimum Gasteiger partial charge on any atom is -0.437 e. The minimum absolute atomic E-state index is 0.223. The number of nitrogens with one attached hydrogen (secondary N) is 1. The number of aromatic nitrogens is 2. The Balaban J connectivity index is 1.57. The number of rotatable bonds is 6. The number of fused-ring (bicyclic) bond motifs is 2. The molecule has 0 radical (unpaired) electrons. The summed E-state index contributed by atoms with van der Waals surface area (Å²) in [6.45, 7) is 3.88. The number of hydrogen-bond acceptors (Lipinski definition) is 7. The van der Waals surface area contributed by atoms with E-state index in [0.29, 0.717) is 29.9 Å². The van der Waals surface area contributed by atoms with Crippen LogP contribution in [0.2, 0.25) is 0 Å². The van der Waals surface area contributed by atoms with Gasteiger partial charge in [-0.05, 0) is 32.8 Å². The fourth-order valence-corrected chi connectivity index (χ4v) is 4.57. The molecule has 2 fully saturated rings. The molecule has 2 bridgehead atoms. The van der Waals surface area contributed by atoms with Gasteiger partial charge in [0.25, 0.3) is 5.22 Å². The van der Waals surface area contributed by atoms with Gasteiger partial charge in [0, 0.05) is 17.5 Å². The standard InChI is InChI=1S/C19H23F3N4O2S/c1-11-12(2)28-18(24-11)29-9-13-5-16(6-17(25-13)23-10-19(20,21)22)26-14-3-4-15(26)8-27-7-14/h5-6,14-15H,3-4,7-10H2,1-2H3,(H,23,25). The van der Waals surface area contributed by atoms with E-state index >= 15 is 0 Å². The topological polar surface area (TPSA) is 63.4 Å². The van der Waals surface area contributed by atoms with E-state index in [1.807, 2.05) is 19.9 Å². The van der Waals surface area contributed by atoms with Crippen molar-refractivity contribution in [1.29, 1.82) is 0 Å². The summed E-state index contributed by atoms with van der Waals surface area (Å²) >= 11 is 1.38. The number of thioether (sulfide) groups is 1. The first-order valence-corrected chi connectivity index (χ1v) is 10.5. The van der Waals surface area contributed by atoms with Crippen molar-refractivity contribution in [1.82, 2.24) is 9.97 Å². The van der Waals surface area contributed by atoms with Gasteiger partial charge in [0.15, 0.2) is 0 Å². The smallest absolute Gasteiger partial charge is 0.405 e. The largest absolute Gasteiger partial charge is 0.437 e. The molecular formula is C19H23F3N4O2S. The number of nitrogens with zero attached hydrogens (tertiary/aromatic N) is 3. The number of pyridine rings is 1. The van der Waals surface area contributed by atoms with Crippen LogP contribution < -0.4 is 10.2 Å².